The lowest BCUT2D eigenvalue weighted by atomic mass is 10.1. The highest BCUT2D eigenvalue weighted by Gasteiger charge is 2.18. The number of nitrogens with two attached hydrogens (primary N) is 1. The van der Waals surface area contributed by atoms with Crippen LogP contribution in [0.1, 0.15) is 5.56 Å². The summed E-state index contributed by atoms with van der Waals surface area (Å²) in [6.45, 7) is 0.513. The molecule has 2 heterocycles. The van der Waals surface area contributed by atoms with Crippen LogP contribution in [0.25, 0.3) is 11.0 Å². The van der Waals surface area contributed by atoms with E-state index < -0.39 is 0 Å². The summed E-state index contributed by atoms with van der Waals surface area (Å²) in [6, 6.07) is 3.64. The zero-order valence-corrected chi connectivity index (χ0v) is 10.9. The summed E-state index contributed by atoms with van der Waals surface area (Å²) in [5.41, 5.74) is 7.11. The molecule has 0 amide bonds. The molecule has 0 atom stereocenters. The van der Waals surface area contributed by atoms with Gasteiger partial charge in [0.05, 0.1) is 18.7 Å². The molecule has 0 aliphatic heterocycles. The van der Waals surface area contributed by atoms with E-state index in [1.54, 1.807) is 16.9 Å². The molecule has 3 aromatic rings. The number of benzene rings is 1. The Morgan fingerprint density at radius 2 is 2.37 bits per heavy atom. The Labute approximate surface area is 113 Å². The second-order valence-corrected chi connectivity index (χ2v) is 4.41. The zero-order chi connectivity index (χ0) is 13.4. The fraction of sp³-hybridized carbons (Fsp3) is 0.167. The number of fused-ring (bicyclic) bond motifs is 1. The number of anilines is 1. The van der Waals surface area contributed by atoms with Gasteiger partial charge in [-0.1, -0.05) is 16.8 Å². The van der Waals surface area contributed by atoms with Gasteiger partial charge in [-0.15, -0.1) is 0 Å². The van der Waals surface area contributed by atoms with E-state index >= 15 is 0 Å². The third-order valence-electron chi connectivity index (χ3n) is 2.85. The van der Waals surface area contributed by atoms with E-state index in [2.05, 4.69) is 10.3 Å². The van der Waals surface area contributed by atoms with E-state index in [1.807, 2.05) is 12.3 Å². The number of nitrogen functional groups attached to an aromatic ring is 1. The number of hydrogen-bond donors (Lipinski definition) is 1. The van der Waals surface area contributed by atoms with Crippen molar-refractivity contribution in [1.29, 1.82) is 0 Å². The van der Waals surface area contributed by atoms with Gasteiger partial charge in [-0.05, 0) is 17.7 Å². The maximum Gasteiger partial charge on any atom is 0.178 e. The number of methoxy groups -OCH3 is 1. The molecule has 2 N–H and O–H groups in total. The average molecular weight is 279 g/mol. The first-order valence-corrected chi connectivity index (χ1v) is 5.96. The normalized spacial score (nSPS) is 11.1. The van der Waals surface area contributed by atoms with Gasteiger partial charge in [0.1, 0.15) is 5.39 Å². The topological polar surface area (TPSA) is 79.1 Å². The summed E-state index contributed by atoms with van der Waals surface area (Å²) in [5, 5.41) is 8.95. The van der Waals surface area contributed by atoms with Crippen molar-refractivity contribution in [3.8, 4) is 5.75 Å². The van der Waals surface area contributed by atoms with Crippen molar-refractivity contribution < 1.29 is 9.26 Å². The van der Waals surface area contributed by atoms with E-state index in [9.17, 15) is 0 Å². The standard InChI is InChI=1S/C12H11ClN4O2/c1-18-11-9-8(19-16-12(9)14)5-7(10(11)13)6-17-4-2-3-15-17/h2-5H,6H2,1H3,(H2,14,16). The molecular formula is C12H11ClN4O2. The molecule has 98 valence electrons. The second-order valence-electron chi connectivity index (χ2n) is 4.03. The molecule has 1 aromatic carbocycles. The molecule has 3 rings (SSSR count). The molecule has 0 aliphatic carbocycles. The Bertz CT molecular complexity index is 721. The Morgan fingerprint density at radius 3 is 3.05 bits per heavy atom. The lowest BCUT2D eigenvalue weighted by molar-refractivity contribution is 0.418. The highest BCUT2D eigenvalue weighted by molar-refractivity contribution is 6.34. The van der Waals surface area contributed by atoms with Gasteiger partial charge in [-0.25, -0.2) is 0 Å². The largest absolute Gasteiger partial charge is 0.494 e. The molecule has 2 aromatic heterocycles. The van der Waals surface area contributed by atoms with Crippen molar-refractivity contribution in [3.63, 3.8) is 0 Å². The first kappa shape index (κ1) is 11.9. The van der Waals surface area contributed by atoms with E-state index in [0.29, 0.717) is 28.3 Å². The molecule has 6 nitrogen and oxygen atoms in total. The summed E-state index contributed by atoms with van der Waals surface area (Å²) in [4.78, 5) is 0. The van der Waals surface area contributed by atoms with Crippen LogP contribution in [-0.2, 0) is 6.54 Å². The molecule has 0 fully saturated rings. The lowest BCUT2D eigenvalue weighted by Gasteiger charge is -2.10. The van der Waals surface area contributed by atoms with Gasteiger partial charge in [0.25, 0.3) is 0 Å². The van der Waals surface area contributed by atoms with E-state index in [-0.39, 0.29) is 5.82 Å². The molecule has 19 heavy (non-hydrogen) atoms. The van der Waals surface area contributed by atoms with Crippen molar-refractivity contribution in [1.82, 2.24) is 14.9 Å². The predicted octanol–water partition coefficient (Wildman–Crippen LogP) is 2.32. The number of aromatic nitrogens is 3. The smallest absolute Gasteiger partial charge is 0.178 e. The maximum atomic E-state index is 6.34. The van der Waals surface area contributed by atoms with Crippen LogP contribution >= 0.6 is 11.6 Å². The quantitative estimate of drug-likeness (QED) is 0.795. The van der Waals surface area contributed by atoms with E-state index in [4.69, 9.17) is 26.6 Å². The van der Waals surface area contributed by atoms with Gasteiger partial charge < -0.3 is 15.0 Å². The average Bonchev–Trinajstić information content (AvgIpc) is 3.02. The van der Waals surface area contributed by atoms with Crippen molar-refractivity contribution in [3.05, 3.63) is 35.1 Å². The molecule has 7 heteroatoms. The Kier molecular flexibility index (Phi) is 2.79. The van der Waals surface area contributed by atoms with Crippen molar-refractivity contribution in [2.45, 2.75) is 6.54 Å². The Balaban J connectivity index is 2.17. The fourth-order valence-corrected chi connectivity index (χ4v) is 2.28. The summed E-state index contributed by atoms with van der Waals surface area (Å²) in [5.74, 6) is 0.736. The third-order valence-corrected chi connectivity index (χ3v) is 3.27. The van der Waals surface area contributed by atoms with Crippen LogP contribution < -0.4 is 10.5 Å². The zero-order valence-electron chi connectivity index (χ0n) is 10.1. The van der Waals surface area contributed by atoms with Crippen molar-refractivity contribution in [2.75, 3.05) is 12.8 Å². The number of rotatable bonds is 3. The number of hydrogen-bond acceptors (Lipinski definition) is 5. The predicted molar refractivity (Wildman–Crippen MR) is 71.3 cm³/mol. The van der Waals surface area contributed by atoms with Crippen LogP contribution in [0, 0.1) is 0 Å². The van der Waals surface area contributed by atoms with Crippen LogP contribution in [0.4, 0.5) is 5.82 Å². The first-order valence-electron chi connectivity index (χ1n) is 5.58. The summed E-state index contributed by atoms with van der Waals surface area (Å²) >= 11 is 6.34. The fourth-order valence-electron chi connectivity index (χ4n) is 2.00. The molecule has 0 bridgehead atoms. The van der Waals surface area contributed by atoms with Crippen molar-refractivity contribution in [2.24, 2.45) is 0 Å². The van der Waals surface area contributed by atoms with Crippen LogP contribution in [0.5, 0.6) is 5.75 Å². The van der Waals surface area contributed by atoms with Crippen LogP contribution in [0.3, 0.4) is 0 Å². The minimum absolute atomic E-state index is 0.263. The van der Waals surface area contributed by atoms with Crippen LogP contribution in [-0.4, -0.2) is 22.0 Å². The van der Waals surface area contributed by atoms with Gasteiger partial charge >= 0.3 is 0 Å². The minimum atomic E-state index is 0.263. The maximum absolute atomic E-state index is 6.34. The molecular weight excluding hydrogens is 268 g/mol. The molecule has 0 saturated carbocycles. The van der Waals surface area contributed by atoms with Gasteiger partial charge in [0.15, 0.2) is 17.2 Å². The van der Waals surface area contributed by atoms with Gasteiger partial charge in [0, 0.05) is 12.4 Å². The number of halogens is 1. The molecule has 0 spiro atoms. The first-order chi connectivity index (χ1) is 9.20. The number of ether oxygens (including phenoxy) is 1. The lowest BCUT2D eigenvalue weighted by Crippen LogP contribution is -2.02. The summed E-state index contributed by atoms with van der Waals surface area (Å²) < 4.78 is 12.2. The summed E-state index contributed by atoms with van der Waals surface area (Å²) in [7, 11) is 1.53. The Hall–Kier alpha value is -2.21. The summed E-state index contributed by atoms with van der Waals surface area (Å²) in [6.07, 6.45) is 3.55. The third kappa shape index (κ3) is 1.90. The van der Waals surface area contributed by atoms with Gasteiger partial charge in [-0.3, -0.25) is 4.68 Å². The van der Waals surface area contributed by atoms with Crippen LogP contribution in [0.2, 0.25) is 5.02 Å². The van der Waals surface area contributed by atoms with Gasteiger partial charge in [0.2, 0.25) is 0 Å². The van der Waals surface area contributed by atoms with Gasteiger partial charge in [-0.2, -0.15) is 5.10 Å². The monoisotopic (exact) mass is 278 g/mol. The number of nitrogens with zero attached hydrogens (tertiary/aromatic N) is 3. The van der Waals surface area contributed by atoms with E-state index in [0.717, 1.165) is 5.56 Å². The second kappa shape index (κ2) is 4.47. The Morgan fingerprint density at radius 1 is 1.53 bits per heavy atom. The molecule has 0 aliphatic rings. The van der Waals surface area contributed by atoms with Crippen molar-refractivity contribution >= 4 is 28.4 Å². The highest BCUT2D eigenvalue weighted by atomic mass is 35.5. The SMILES string of the molecule is COc1c(Cl)c(Cn2cccn2)cc2onc(N)c12. The molecule has 0 unspecified atom stereocenters. The highest BCUT2D eigenvalue weighted by Crippen LogP contribution is 2.39. The minimum Gasteiger partial charge on any atom is -0.494 e. The molecule has 0 saturated heterocycles. The van der Waals surface area contributed by atoms with Crippen LogP contribution in [0.15, 0.2) is 29.0 Å². The van der Waals surface area contributed by atoms with E-state index in [1.165, 1.54) is 7.11 Å². The molecule has 0 radical (unpaired) electrons.